The van der Waals surface area contributed by atoms with Gasteiger partial charge in [0.2, 0.25) is 0 Å². The number of halogens is 1. The SMILES string of the molecule is CCc1nc2ccc(-c3cnc(C4CCN(C(=O)N5CCC5)CC4)nc3)cn2c1N(C)c1nc(-c2ccc(F)cc2)c(C#N)s1. The number of aryl methyl sites for hydroxylation is 1. The summed E-state index contributed by atoms with van der Waals surface area (Å²) in [6.07, 6.45) is 9.31. The number of thiazole rings is 1. The molecule has 0 atom stereocenters. The van der Waals surface area contributed by atoms with Gasteiger partial charge < -0.3 is 14.7 Å². The second-order valence-electron chi connectivity index (χ2n) is 11.4. The van der Waals surface area contributed by atoms with Crippen LogP contribution in [0, 0.1) is 17.1 Å². The summed E-state index contributed by atoms with van der Waals surface area (Å²) in [5.74, 6) is 1.57. The van der Waals surface area contributed by atoms with Gasteiger partial charge in [-0.15, -0.1) is 0 Å². The lowest BCUT2D eigenvalue weighted by atomic mass is 9.96. The molecular formula is C33H32FN9OS. The number of fused-ring (bicyclic) bond motifs is 1. The number of likely N-dealkylation sites (tertiary alicyclic amines) is 2. The van der Waals surface area contributed by atoms with Crippen molar-refractivity contribution in [3.8, 4) is 28.5 Å². The summed E-state index contributed by atoms with van der Waals surface area (Å²) in [4.78, 5) is 38.0. The molecule has 0 saturated carbocycles. The smallest absolute Gasteiger partial charge is 0.320 e. The fourth-order valence-corrected chi connectivity index (χ4v) is 6.85. The molecule has 2 fully saturated rings. The molecule has 0 bridgehead atoms. The number of rotatable bonds is 6. The van der Waals surface area contributed by atoms with Gasteiger partial charge in [0.15, 0.2) is 5.13 Å². The maximum absolute atomic E-state index is 13.5. The number of urea groups is 1. The maximum atomic E-state index is 13.5. The lowest BCUT2D eigenvalue weighted by Crippen LogP contribution is -2.51. The number of hydrogen-bond donors (Lipinski definition) is 0. The topological polar surface area (TPSA) is 107 Å². The van der Waals surface area contributed by atoms with Gasteiger partial charge in [0.05, 0.1) is 5.69 Å². The highest BCUT2D eigenvalue weighted by molar-refractivity contribution is 7.16. The zero-order valence-corrected chi connectivity index (χ0v) is 26.0. The fourth-order valence-electron chi connectivity index (χ4n) is 6.00. The van der Waals surface area contributed by atoms with Crippen LogP contribution < -0.4 is 4.90 Å². The Hall–Kier alpha value is -4.89. The van der Waals surface area contributed by atoms with Crippen LogP contribution in [0.15, 0.2) is 55.0 Å². The Morgan fingerprint density at radius 1 is 1.00 bits per heavy atom. The van der Waals surface area contributed by atoms with Gasteiger partial charge in [0, 0.05) is 74.4 Å². The summed E-state index contributed by atoms with van der Waals surface area (Å²) in [7, 11) is 1.92. The minimum Gasteiger partial charge on any atom is -0.325 e. The first-order chi connectivity index (χ1) is 21.9. The second kappa shape index (κ2) is 11.9. The van der Waals surface area contributed by atoms with Gasteiger partial charge in [0.25, 0.3) is 0 Å². The van der Waals surface area contributed by atoms with E-state index in [1.807, 2.05) is 56.9 Å². The van der Waals surface area contributed by atoms with Crippen LogP contribution in [-0.4, -0.2) is 73.4 Å². The van der Waals surface area contributed by atoms with Gasteiger partial charge in [-0.1, -0.05) is 18.3 Å². The highest BCUT2D eigenvalue weighted by Gasteiger charge is 2.30. The molecule has 10 nitrogen and oxygen atoms in total. The number of imidazole rings is 1. The number of anilines is 2. The van der Waals surface area contributed by atoms with Gasteiger partial charge in [0.1, 0.15) is 39.7 Å². The Morgan fingerprint density at radius 3 is 2.33 bits per heavy atom. The first kappa shape index (κ1) is 28.9. The fraction of sp³-hybridized carbons (Fsp3) is 0.333. The van der Waals surface area contributed by atoms with Crippen molar-refractivity contribution in [1.29, 1.82) is 5.26 Å². The van der Waals surface area contributed by atoms with Gasteiger partial charge >= 0.3 is 6.03 Å². The van der Waals surface area contributed by atoms with Crippen molar-refractivity contribution >= 4 is 34.0 Å². The summed E-state index contributed by atoms with van der Waals surface area (Å²) < 4.78 is 15.6. The van der Waals surface area contributed by atoms with Crippen LogP contribution in [0.4, 0.5) is 20.1 Å². The van der Waals surface area contributed by atoms with Crippen LogP contribution in [0.1, 0.15) is 48.5 Å². The third kappa shape index (κ3) is 5.37. The van der Waals surface area contributed by atoms with E-state index in [4.69, 9.17) is 19.9 Å². The predicted octanol–water partition coefficient (Wildman–Crippen LogP) is 6.26. The number of aromatic nitrogens is 5. The Bertz CT molecular complexity index is 1900. The number of pyridine rings is 1. The number of carbonyl (C=O) groups excluding carboxylic acids is 1. The third-order valence-electron chi connectivity index (χ3n) is 8.70. The van der Waals surface area contributed by atoms with Crippen LogP contribution in [0.3, 0.4) is 0 Å². The predicted molar refractivity (Wildman–Crippen MR) is 171 cm³/mol. The molecular weight excluding hydrogens is 589 g/mol. The molecule has 228 valence electrons. The standard InChI is InChI=1S/C33H32FN9OS/c1-3-26-31(40(2)32-39-29(27(17-35)45-32)21-5-8-25(34)9-6-21)43-20-23(7-10-28(43)38-26)24-18-36-30(37-19-24)22-11-15-42(16-12-22)33(44)41-13-4-14-41/h5-10,18-20,22H,3-4,11-16H2,1-2H3. The van der Waals surface area contributed by atoms with Crippen LogP contribution in [-0.2, 0) is 6.42 Å². The molecule has 2 amide bonds. The highest BCUT2D eigenvalue weighted by Crippen LogP contribution is 2.37. The Morgan fingerprint density at radius 2 is 1.69 bits per heavy atom. The number of carbonyl (C=O) groups is 1. The number of hydrogen-bond acceptors (Lipinski definition) is 8. The van der Waals surface area contributed by atoms with E-state index in [-0.39, 0.29) is 17.8 Å². The zero-order valence-electron chi connectivity index (χ0n) is 25.1. The van der Waals surface area contributed by atoms with E-state index in [0.29, 0.717) is 27.7 Å². The highest BCUT2D eigenvalue weighted by atomic mass is 32.1. The minimum atomic E-state index is -0.338. The number of nitrogens with zero attached hydrogens (tertiary/aromatic N) is 9. The molecule has 0 spiro atoms. The molecule has 2 aliphatic rings. The summed E-state index contributed by atoms with van der Waals surface area (Å²) in [6.45, 7) is 5.27. The summed E-state index contributed by atoms with van der Waals surface area (Å²) in [6, 6.07) is 12.4. The van der Waals surface area contributed by atoms with Crippen molar-refractivity contribution in [3.63, 3.8) is 0 Å². The van der Waals surface area contributed by atoms with Crippen molar-refractivity contribution in [2.24, 2.45) is 0 Å². The summed E-state index contributed by atoms with van der Waals surface area (Å²) in [5, 5.41) is 10.5. The van der Waals surface area contributed by atoms with Crippen molar-refractivity contribution in [3.05, 3.63) is 77.2 Å². The number of nitriles is 1. The third-order valence-corrected chi connectivity index (χ3v) is 9.74. The van der Waals surface area contributed by atoms with Gasteiger partial charge in [-0.3, -0.25) is 4.40 Å². The molecule has 2 saturated heterocycles. The van der Waals surface area contributed by atoms with Crippen LogP contribution in [0.5, 0.6) is 0 Å². The first-order valence-corrected chi connectivity index (χ1v) is 16.0. The van der Waals surface area contributed by atoms with E-state index in [2.05, 4.69) is 13.0 Å². The van der Waals surface area contributed by atoms with Crippen molar-refractivity contribution in [2.75, 3.05) is 38.1 Å². The van der Waals surface area contributed by atoms with Gasteiger partial charge in [-0.25, -0.2) is 29.1 Å². The quantitative estimate of drug-likeness (QED) is 0.220. The van der Waals surface area contributed by atoms with E-state index in [9.17, 15) is 14.4 Å². The number of piperidine rings is 1. The van der Waals surface area contributed by atoms with E-state index < -0.39 is 0 Å². The first-order valence-electron chi connectivity index (χ1n) is 15.2. The normalized spacial score (nSPS) is 15.2. The van der Waals surface area contributed by atoms with Crippen LogP contribution in [0.25, 0.3) is 28.0 Å². The lowest BCUT2D eigenvalue weighted by molar-refractivity contribution is 0.116. The molecule has 2 aliphatic heterocycles. The lowest BCUT2D eigenvalue weighted by Gasteiger charge is -2.39. The average Bonchev–Trinajstić information content (AvgIpc) is 3.66. The van der Waals surface area contributed by atoms with Gasteiger partial charge in [-0.2, -0.15) is 5.26 Å². The van der Waals surface area contributed by atoms with Gasteiger partial charge in [-0.05, 0) is 62.1 Å². The van der Waals surface area contributed by atoms with Crippen molar-refractivity contribution in [1.82, 2.24) is 34.1 Å². The maximum Gasteiger partial charge on any atom is 0.320 e. The minimum absolute atomic E-state index is 0.163. The Kier molecular flexibility index (Phi) is 7.63. The van der Waals surface area contributed by atoms with Crippen molar-refractivity contribution in [2.45, 2.75) is 38.5 Å². The number of benzene rings is 1. The molecule has 0 radical (unpaired) electrons. The molecule has 45 heavy (non-hydrogen) atoms. The van der Waals surface area contributed by atoms with E-state index in [1.165, 1.54) is 23.5 Å². The molecule has 12 heteroatoms. The number of amides is 2. The molecule has 0 aliphatic carbocycles. The molecule has 0 unspecified atom stereocenters. The molecule has 0 N–H and O–H groups in total. The van der Waals surface area contributed by atoms with E-state index >= 15 is 0 Å². The molecule has 1 aromatic carbocycles. The van der Waals surface area contributed by atoms with E-state index in [0.717, 1.165) is 79.6 Å². The Labute approximate surface area is 264 Å². The molecule has 7 rings (SSSR count). The zero-order chi connectivity index (χ0) is 31.1. The molecule has 6 heterocycles. The van der Waals surface area contributed by atoms with E-state index in [1.54, 1.807) is 12.1 Å². The monoisotopic (exact) mass is 621 g/mol. The second-order valence-corrected chi connectivity index (χ2v) is 12.4. The average molecular weight is 622 g/mol. The summed E-state index contributed by atoms with van der Waals surface area (Å²) in [5.41, 5.74) is 4.76. The van der Waals surface area contributed by atoms with Crippen molar-refractivity contribution < 1.29 is 9.18 Å². The molecule has 4 aromatic heterocycles. The molecule has 5 aromatic rings. The van der Waals surface area contributed by atoms with Crippen LogP contribution in [0.2, 0.25) is 0 Å². The summed E-state index contributed by atoms with van der Waals surface area (Å²) >= 11 is 1.29. The Balaban J connectivity index is 1.14. The largest absolute Gasteiger partial charge is 0.325 e. The van der Waals surface area contributed by atoms with Crippen LogP contribution >= 0.6 is 11.3 Å².